The highest BCUT2D eigenvalue weighted by Gasteiger charge is 2.23. The van der Waals surface area contributed by atoms with Crippen LogP contribution in [0.25, 0.3) is 0 Å². The van der Waals surface area contributed by atoms with Gasteiger partial charge >= 0.3 is 6.03 Å². The zero-order valence-electron chi connectivity index (χ0n) is 18.9. The summed E-state index contributed by atoms with van der Waals surface area (Å²) in [5, 5.41) is 5.48. The maximum atomic E-state index is 13.2. The highest BCUT2D eigenvalue weighted by Crippen LogP contribution is 2.28. The van der Waals surface area contributed by atoms with Crippen molar-refractivity contribution in [3.05, 3.63) is 78.6 Å². The molecule has 3 aromatic rings. The summed E-state index contributed by atoms with van der Waals surface area (Å²) in [5.74, 6) is 0. The zero-order valence-corrected chi connectivity index (χ0v) is 19.8. The molecule has 0 atom stereocenters. The minimum absolute atomic E-state index is 0.247. The first-order valence-electron chi connectivity index (χ1n) is 11.0. The maximum absolute atomic E-state index is 13.2. The Bertz CT molecular complexity index is 1210. The number of rotatable bonds is 7. The molecule has 34 heavy (non-hydrogen) atoms. The van der Waals surface area contributed by atoms with Crippen LogP contribution in [-0.2, 0) is 16.6 Å². The smallest absolute Gasteiger partial charge is 0.319 e. The SMILES string of the molecule is CN1CCN(c2ccccc2S(=O)(=O)Nc2ccc(NC(=O)NCc3cccnc3)cc2)CC1. The van der Waals surface area contributed by atoms with Crippen LogP contribution in [-0.4, -0.2) is 57.6 Å². The van der Waals surface area contributed by atoms with E-state index in [-0.39, 0.29) is 10.9 Å². The van der Waals surface area contributed by atoms with Crippen LogP contribution in [0.15, 0.2) is 78.0 Å². The van der Waals surface area contributed by atoms with Gasteiger partial charge in [0.2, 0.25) is 0 Å². The highest BCUT2D eigenvalue weighted by atomic mass is 32.2. The van der Waals surface area contributed by atoms with Crippen LogP contribution in [0.2, 0.25) is 0 Å². The second kappa shape index (κ2) is 10.5. The predicted molar refractivity (Wildman–Crippen MR) is 133 cm³/mol. The van der Waals surface area contributed by atoms with E-state index >= 15 is 0 Å². The Balaban J connectivity index is 1.39. The monoisotopic (exact) mass is 480 g/mol. The van der Waals surface area contributed by atoms with E-state index in [2.05, 4.69) is 37.2 Å². The third-order valence-electron chi connectivity index (χ3n) is 5.57. The molecule has 0 spiro atoms. The van der Waals surface area contributed by atoms with Crippen molar-refractivity contribution in [1.82, 2.24) is 15.2 Å². The van der Waals surface area contributed by atoms with Crippen LogP contribution >= 0.6 is 0 Å². The van der Waals surface area contributed by atoms with Crippen LogP contribution < -0.4 is 20.3 Å². The van der Waals surface area contributed by atoms with Gasteiger partial charge in [0.25, 0.3) is 10.0 Å². The van der Waals surface area contributed by atoms with Crippen LogP contribution in [0.4, 0.5) is 21.9 Å². The van der Waals surface area contributed by atoms with E-state index in [1.807, 2.05) is 18.2 Å². The number of benzene rings is 2. The standard InChI is InChI=1S/C24H28N6O3S/c1-29-13-15-30(16-14-29)22-6-2-3-7-23(22)34(32,33)28-21-10-8-20(9-11-21)27-24(31)26-18-19-5-4-12-25-17-19/h2-12,17,28H,13-16,18H2,1H3,(H2,26,27,31). The lowest BCUT2D eigenvalue weighted by Crippen LogP contribution is -2.45. The van der Waals surface area contributed by atoms with E-state index in [0.717, 1.165) is 31.7 Å². The molecule has 0 aliphatic carbocycles. The van der Waals surface area contributed by atoms with Crippen molar-refractivity contribution in [3.8, 4) is 0 Å². The Morgan fingerprint density at radius 3 is 2.35 bits per heavy atom. The average molecular weight is 481 g/mol. The van der Waals surface area contributed by atoms with E-state index in [1.165, 1.54) is 0 Å². The number of urea groups is 1. The van der Waals surface area contributed by atoms with Gasteiger partial charge in [0.1, 0.15) is 4.90 Å². The number of hydrogen-bond donors (Lipinski definition) is 3. The van der Waals surface area contributed by atoms with Gasteiger partial charge in [0.15, 0.2) is 0 Å². The van der Waals surface area contributed by atoms with Gasteiger partial charge in [0.05, 0.1) is 5.69 Å². The first-order chi connectivity index (χ1) is 16.4. The number of pyridine rings is 1. The average Bonchev–Trinajstić information content (AvgIpc) is 2.85. The highest BCUT2D eigenvalue weighted by molar-refractivity contribution is 7.92. The van der Waals surface area contributed by atoms with Gasteiger partial charge in [-0.3, -0.25) is 9.71 Å². The van der Waals surface area contributed by atoms with E-state index in [4.69, 9.17) is 0 Å². The molecule has 4 rings (SSSR count). The molecule has 2 aromatic carbocycles. The summed E-state index contributed by atoms with van der Waals surface area (Å²) >= 11 is 0. The molecule has 1 aliphatic rings. The lowest BCUT2D eigenvalue weighted by atomic mass is 10.2. The number of carbonyl (C=O) groups is 1. The number of sulfonamides is 1. The summed E-state index contributed by atoms with van der Waals surface area (Å²) in [6.45, 7) is 3.65. The molecule has 1 aromatic heterocycles. The van der Waals surface area contributed by atoms with E-state index < -0.39 is 10.0 Å². The van der Waals surface area contributed by atoms with Gasteiger partial charge in [-0.25, -0.2) is 13.2 Å². The first-order valence-corrected chi connectivity index (χ1v) is 12.5. The molecule has 1 aliphatic heterocycles. The van der Waals surface area contributed by atoms with Crippen molar-refractivity contribution in [1.29, 1.82) is 0 Å². The quantitative estimate of drug-likeness (QED) is 0.480. The molecular formula is C24H28N6O3S. The van der Waals surface area contributed by atoms with Crippen LogP contribution in [0.3, 0.4) is 0 Å². The molecule has 1 saturated heterocycles. The Kier molecular flexibility index (Phi) is 7.29. The number of nitrogens with zero attached hydrogens (tertiary/aromatic N) is 3. The number of amides is 2. The minimum atomic E-state index is -3.79. The second-order valence-electron chi connectivity index (χ2n) is 8.11. The fraction of sp³-hybridized carbons (Fsp3) is 0.250. The van der Waals surface area contributed by atoms with Crippen molar-refractivity contribution in [3.63, 3.8) is 0 Å². The molecule has 9 nitrogen and oxygen atoms in total. The summed E-state index contributed by atoms with van der Waals surface area (Å²) in [6, 6.07) is 16.9. The molecule has 0 bridgehead atoms. The van der Waals surface area contributed by atoms with Gasteiger partial charge in [0, 0.05) is 56.5 Å². The number of likely N-dealkylation sites (N-methyl/N-ethyl adjacent to an activating group) is 1. The van der Waals surface area contributed by atoms with Crippen molar-refractivity contribution >= 4 is 33.1 Å². The number of nitrogens with one attached hydrogen (secondary N) is 3. The molecule has 2 amide bonds. The number of aromatic nitrogens is 1. The summed E-state index contributed by atoms with van der Waals surface area (Å²) in [6.07, 6.45) is 3.35. The van der Waals surface area contributed by atoms with Crippen molar-refractivity contribution in [2.45, 2.75) is 11.4 Å². The van der Waals surface area contributed by atoms with Crippen molar-refractivity contribution in [2.75, 3.05) is 48.2 Å². The van der Waals surface area contributed by atoms with E-state index in [0.29, 0.717) is 23.6 Å². The maximum Gasteiger partial charge on any atom is 0.319 e. The topological polar surface area (TPSA) is 107 Å². The van der Waals surface area contributed by atoms with Crippen molar-refractivity contribution in [2.24, 2.45) is 0 Å². The fourth-order valence-corrected chi connectivity index (χ4v) is 4.97. The van der Waals surface area contributed by atoms with Gasteiger partial charge in [-0.15, -0.1) is 0 Å². The van der Waals surface area contributed by atoms with Crippen LogP contribution in [0.5, 0.6) is 0 Å². The number of para-hydroxylation sites is 1. The van der Waals surface area contributed by atoms with Crippen LogP contribution in [0.1, 0.15) is 5.56 Å². The summed E-state index contributed by atoms with van der Waals surface area (Å²) < 4.78 is 29.0. The Morgan fingerprint density at radius 1 is 0.941 bits per heavy atom. The minimum Gasteiger partial charge on any atom is -0.368 e. The molecule has 3 N–H and O–H groups in total. The molecule has 0 saturated carbocycles. The fourth-order valence-electron chi connectivity index (χ4n) is 3.69. The number of carbonyl (C=O) groups excluding carboxylic acids is 1. The van der Waals surface area contributed by atoms with Crippen LogP contribution in [0, 0.1) is 0 Å². The predicted octanol–water partition coefficient (Wildman–Crippen LogP) is 2.96. The van der Waals surface area contributed by atoms with Gasteiger partial charge < -0.3 is 20.4 Å². The number of hydrogen-bond acceptors (Lipinski definition) is 6. The molecule has 178 valence electrons. The summed E-state index contributed by atoms with van der Waals surface area (Å²) in [4.78, 5) is 20.7. The number of anilines is 3. The zero-order chi connectivity index (χ0) is 24.0. The van der Waals surface area contributed by atoms with Gasteiger partial charge in [-0.1, -0.05) is 18.2 Å². The summed E-state index contributed by atoms with van der Waals surface area (Å²) in [7, 11) is -1.73. The van der Waals surface area contributed by atoms with E-state index in [1.54, 1.807) is 54.9 Å². The van der Waals surface area contributed by atoms with E-state index in [9.17, 15) is 13.2 Å². The molecule has 0 radical (unpaired) electrons. The number of piperazine rings is 1. The molecule has 10 heteroatoms. The normalized spacial score (nSPS) is 14.4. The lowest BCUT2D eigenvalue weighted by molar-refractivity contribution is 0.251. The molecule has 1 fully saturated rings. The molecule has 0 unspecified atom stereocenters. The Hall–Kier alpha value is -3.63. The summed E-state index contributed by atoms with van der Waals surface area (Å²) in [5.41, 5.74) is 2.55. The Labute approximate surface area is 199 Å². The first kappa shape index (κ1) is 23.5. The molecule has 2 heterocycles. The second-order valence-corrected chi connectivity index (χ2v) is 9.76. The largest absolute Gasteiger partial charge is 0.368 e. The lowest BCUT2D eigenvalue weighted by Gasteiger charge is -2.35. The van der Waals surface area contributed by atoms with Crippen molar-refractivity contribution < 1.29 is 13.2 Å². The molecular weight excluding hydrogens is 452 g/mol. The third kappa shape index (κ3) is 6.03. The Morgan fingerprint density at radius 2 is 1.65 bits per heavy atom. The van der Waals surface area contributed by atoms with Gasteiger partial charge in [-0.05, 0) is 55.1 Å². The van der Waals surface area contributed by atoms with Gasteiger partial charge in [-0.2, -0.15) is 0 Å². The third-order valence-corrected chi connectivity index (χ3v) is 7.00.